The molecular formula is C16H21BF3NO2S. The molecule has 0 aromatic heterocycles. The fourth-order valence-electron chi connectivity index (χ4n) is 2.34. The van der Waals surface area contributed by atoms with Gasteiger partial charge in [0, 0.05) is 11.4 Å². The number of thiol groups is 1. The molecule has 0 bridgehead atoms. The van der Waals surface area contributed by atoms with Gasteiger partial charge in [0.1, 0.15) is 0 Å². The second-order valence-electron chi connectivity index (χ2n) is 6.81. The van der Waals surface area contributed by atoms with Crippen molar-refractivity contribution in [3.8, 4) is 0 Å². The Morgan fingerprint density at radius 2 is 1.75 bits per heavy atom. The summed E-state index contributed by atoms with van der Waals surface area (Å²) in [7, 11) is -0.755. The Hall–Kier alpha value is -1.12. The highest BCUT2D eigenvalue weighted by Gasteiger charge is 2.52. The van der Waals surface area contributed by atoms with E-state index in [1.807, 2.05) is 27.7 Å². The number of hydrogen-bond donors (Lipinski definition) is 2. The van der Waals surface area contributed by atoms with Gasteiger partial charge >= 0.3 is 13.3 Å². The average Bonchev–Trinajstić information content (AvgIpc) is 2.63. The van der Waals surface area contributed by atoms with Crippen LogP contribution in [0.5, 0.6) is 0 Å². The molecule has 8 heteroatoms. The van der Waals surface area contributed by atoms with E-state index in [1.165, 1.54) is 18.2 Å². The number of anilines is 1. The summed E-state index contributed by atoms with van der Waals surface area (Å²) in [5, 5.41) is 0. The number of nitrogen functional groups attached to an aromatic ring is 1. The lowest BCUT2D eigenvalue weighted by molar-refractivity contribution is -0.137. The van der Waals surface area contributed by atoms with Crippen molar-refractivity contribution in [2.75, 3.05) is 11.5 Å². The number of nitrogens with two attached hydrogens (primary N) is 1. The van der Waals surface area contributed by atoms with E-state index in [0.717, 1.165) is 6.07 Å². The molecule has 0 radical (unpaired) electrons. The molecule has 1 fully saturated rings. The Labute approximate surface area is 145 Å². The van der Waals surface area contributed by atoms with Crippen LogP contribution >= 0.6 is 12.6 Å². The summed E-state index contributed by atoms with van der Waals surface area (Å²) in [5.41, 5.74) is 4.46. The minimum Gasteiger partial charge on any atom is -0.400 e. The van der Waals surface area contributed by atoms with Crippen molar-refractivity contribution >= 4 is 31.5 Å². The van der Waals surface area contributed by atoms with Crippen LogP contribution in [0, 0.1) is 0 Å². The summed E-state index contributed by atoms with van der Waals surface area (Å²) in [4.78, 5) is 0. The molecule has 0 amide bonds. The van der Waals surface area contributed by atoms with Gasteiger partial charge in [-0.05, 0) is 56.9 Å². The normalized spacial score (nSPS) is 20.5. The minimum absolute atomic E-state index is 0.0266. The number of alkyl halides is 3. The Kier molecular flexibility index (Phi) is 5.05. The summed E-state index contributed by atoms with van der Waals surface area (Å²) in [5.74, 6) is 0.197. The van der Waals surface area contributed by atoms with Crippen molar-refractivity contribution in [3.05, 3.63) is 34.8 Å². The van der Waals surface area contributed by atoms with Gasteiger partial charge in [0.15, 0.2) is 0 Å². The molecule has 1 saturated heterocycles. The molecule has 0 atom stereocenters. The minimum atomic E-state index is -4.48. The van der Waals surface area contributed by atoms with E-state index in [9.17, 15) is 13.2 Å². The summed E-state index contributed by atoms with van der Waals surface area (Å²) >= 11 is 4.23. The molecule has 1 heterocycles. The van der Waals surface area contributed by atoms with Gasteiger partial charge in [-0.25, -0.2) is 0 Å². The van der Waals surface area contributed by atoms with Crippen molar-refractivity contribution in [1.29, 1.82) is 0 Å². The molecule has 2 N–H and O–H groups in total. The zero-order chi connectivity index (χ0) is 18.3. The van der Waals surface area contributed by atoms with E-state index in [4.69, 9.17) is 15.0 Å². The van der Waals surface area contributed by atoms with Crippen molar-refractivity contribution in [2.45, 2.75) is 45.1 Å². The third-order valence-electron chi connectivity index (χ3n) is 4.46. The van der Waals surface area contributed by atoms with Crippen molar-refractivity contribution in [3.63, 3.8) is 0 Å². The lowest BCUT2D eigenvalue weighted by Gasteiger charge is -2.32. The molecule has 1 aliphatic rings. The summed E-state index contributed by atoms with van der Waals surface area (Å²) in [6.45, 7) is 7.52. The molecule has 2 rings (SSSR count). The van der Waals surface area contributed by atoms with Crippen molar-refractivity contribution < 1.29 is 22.5 Å². The van der Waals surface area contributed by atoms with E-state index in [-0.39, 0.29) is 17.0 Å². The maximum Gasteiger partial charge on any atom is 0.491 e. The van der Waals surface area contributed by atoms with Crippen LogP contribution in [-0.2, 0) is 15.5 Å². The Morgan fingerprint density at radius 3 is 2.21 bits per heavy atom. The maximum atomic E-state index is 13.2. The van der Waals surface area contributed by atoms with Crippen LogP contribution in [0.3, 0.4) is 0 Å². The number of halogens is 3. The van der Waals surface area contributed by atoms with Crippen molar-refractivity contribution in [2.24, 2.45) is 0 Å². The van der Waals surface area contributed by atoms with E-state index in [0.29, 0.717) is 5.47 Å². The van der Waals surface area contributed by atoms with Crippen molar-refractivity contribution in [1.82, 2.24) is 0 Å². The molecule has 3 nitrogen and oxygen atoms in total. The monoisotopic (exact) mass is 359 g/mol. The van der Waals surface area contributed by atoms with Crippen LogP contribution in [0.1, 0.15) is 38.8 Å². The fraction of sp³-hybridized carbons (Fsp3) is 0.500. The highest BCUT2D eigenvalue weighted by molar-refractivity contribution is 7.80. The molecular weight excluding hydrogens is 338 g/mol. The van der Waals surface area contributed by atoms with Crippen LogP contribution in [-0.4, -0.2) is 24.1 Å². The van der Waals surface area contributed by atoms with Gasteiger partial charge in [-0.2, -0.15) is 25.8 Å². The van der Waals surface area contributed by atoms with Crippen LogP contribution in [0.4, 0.5) is 18.9 Å². The molecule has 0 unspecified atom stereocenters. The SMILES string of the molecule is CC1(C)OB(C(=Cc2cc(N)ccc2C(F)(F)F)CS)OC1(C)C. The lowest BCUT2D eigenvalue weighted by Crippen LogP contribution is -2.41. The van der Waals surface area contributed by atoms with E-state index < -0.39 is 30.1 Å². The zero-order valence-corrected chi connectivity index (χ0v) is 15.0. The molecule has 1 aromatic rings. The first kappa shape index (κ1) is 19.2. The van der Waals surface area contributed by atoms with Crippen LogP contribution in [0.2, 0.25) is 0 Å². The van der Waals surface area contributed by atoms with Gasteiger partial charge in [-0.3, -0.25) is 0 Å². The summed E-state index contributed by atoms with van der Waals surface area (Å²) in [6, 6.07) is 3.49. The average molecular weight is 359 g/mol. The fourth-order valence-corrected chi connectivity index (χ4v) is 2.58. The number of benzene rings is 1. The Bertz CT molecular complexity index is 643. The Balaban J connectivity index is 2.44. The molecule has 132 valence electrons. The number of hydrogen-bond acceptors (Lipinski definition) is 4. The topological polar surface area (TPSA) is 44.5 Å². The van der Waals surface area contributed by atoms with E-state index in [1.54, 1.807) is 0 Å². The first-order chi connectivity index (χ1) is 10.9. The van der Waals surface area contributed by atoms with Crippen LogP contribution in [0.25, 0.3) is 6.08 Å². The van der Waals surface area contributed by atoms with Crippen LogP contribution < -0.4 is 5.73 Å². The van der Waals surface area contributed by atoms with Crippen LogP contribution in [0.15, 0.2) is 23.7 Å². The molecule has 24 heavy (non-hydrogen) atoms. The summed E-state index contributed by atoms with van der Waals surface area (Å²) < 4.78 is 51.4. The quantitative estimate of drug-likeness (QED) is 0.482. The number of rotatable bonds is 3. The lowest BCUT2D eigenvalue weighted by atomic mass is 9.78. The molecule has 1 aliphatic heterocycles. The molecule has 0 saturated carbocycles. The largest absolute Gasteiger partial charge is 0.491 e. The van der Waals surface area contributed by atoms with Gasteiger partial charge in [-0.15, -0.1) is 0 Å². The van der Waals surface area contributed by atoms with Gasteiger partial charge in [0.2, 0.25) is 0 Å². The van der Waals surface area contributed by atoms with E-state index >= 15 is 0 Å². The van der Waals surface area contributed by atoms with Gasteiger partial charge in [0.25, 0.3) is 0 Å². The molecule has 0 spiro atoms. The summed E-state index contributed by atoms with van der Waals surface area (Å²) in [6.07, 6.45) is -3.08. The third-order valence-corrected chi connectivity index (χ3v) is 4.83. The van der Waals surface area contributed by atoms with E-state index in [2.05, 4.69) is 12.6 Å². The highest BCUT2D eigenvalue weighted by Crippen LogP contribution is 2.40. The predicted octanol–water partition coefficient (Wildman–Crippen LogP) is 4.23. The highest BCUT2D eigenvalue weighted by atomic mass is 32.1. The smallest absolute Gasteiger partial charge is 0.400 e. The Morgan fingerprint density at radius 1 is 1.21 bits per heavy atom. The maximum absolute atomic E-state index is 13.2. The third kappa shape index (κ3) is 3.76. The van der Waals surface area contributed by atoms with Gasteiger partial charge in [0.05, 0.1) is 16.8 Å². The first-order valence-electron chi connectivity index (χ1n) is 7.51. The van der Waals surface area contributed by atoms with Gasteiger partial charge in [-0.1, -0.05) is 6.08 Å². The second-order valence-corrected chi connectivity index (χ2v) is 7.13. The predicted molar refractivity (Wildman–Crippen MR) is 93.8 cm³/mol. The first-order valence-corrected chi connectivity index (χ1v) is 8.14. The second kappa shape index (κ2) is 6.31. The molecule has 1 aromatic carbocycles. The molecule has 0 aliphatic carbocycles. The zero-order valence-electron chi connectivity index (χ0n) is 14.1. The van der Waals surface area contributed by atoms with Gasteiger partial charge < -0.3 is 15.0 Å². The standard InChI is InChI=1S/C16H21BF3NO2S/c1-14(2)15(3,4)23-17(22-14)11(9-24)7-10-8-12(21)5-6-13(10)16(18,19)20/h5-8,24H,9,21H2,1-4H3.